The summed E-state index contributed by atoms with van der Waals surface area (Å²) >= 11 is 5.76. The quantitative estimate of drug-likeness (QED) is 0.628. The highest BCUT2D eigenvalue weighted by Gasteiger charge is 2.05. The van der Waals surface area contributed by atoms with Crippen LogP contribution in [0.2, 0.25) is 5.02 Å². The first-order valence-electron chi connectivity index (χ1n) is 8.12. The summed E-state index contributed by atoms with van der Waals surface area (Å²) < 4.78 is 13.2. The van der Waals surface area contributed by atoms with E-state index in [0.717, 1.165) is 5.56 Å². The number of benzene rings is 2. The zero-order valence-corrected chi connectivity index (χ0v) is 14.6. The van der Waals surface area contributed by atoms with Crippen LogP contribution in [0.3, 0.4) is 0 Å². The highest BCUT2D eigenvalue weighted by molar-refractivity contribution is 6.31. The van der Waals surface area contributed by atoms with Crippen LogP contribution in [0, 0.1) is 5.82 Å². The van der Waals surface area contributed by atoms with E-state index in [4.69, 9.17) is 11.6 Å². The summed E-state index contributed by atoms with van der Waals surface area (Å²) in [5.74, 6) is -0.0815. The number of amides is 1. The maximum atomic E-state index is 13.2. The summed E-state index contributed by atoms with van der Waals surface area (Å²) in [6.45, 7) is 0. The van der Waals surface area contributed by atoms with Crippen molar-refractivity contribution in [3.63, 3.8) is 0 Å². The van der Waals surface area contributed by atoms with Crippen LogP contribution in [0.4, 0.5) is 21.6 Å². The molecule has 3 rings (SSSR count). The minimum Gasteiger partial charge on any atom is -0.354 e. The molecular weight excluding hydrogens is 353 g/mol. The number of hydrogen-bond donors (Lipinski definition) is 2. The van der Waals surface area contributed by atoms with Crippen molar-refractivity contribution in [2.75, 3.05) is 10.6 Å². The van der Waals surface area contributed by atoms with E-state index in [-0.39, 0.29) is 10.9 Å². The van der Waals surface area contributed by atoms with Gasteiger partial charge in [0.05, 0.1) is 16.9 Å². The van der Waals surface area contributed by atoms with Crippen molar-refractivity contribution in [3.05, 3.63) is 83.3 Å². The van der Waals surface area contributed by atoms with Gasteiger partial charge in [0.15, 0.2) is 0 Å². The smallest absolute Gasteiger partial charge is 0.225 e. The average molecular weight is 370 g/mol. The minimum atomic E-state index is -0.469. The van der Waals surface area contributed by atoms with Gasteiger partial charge in [0.2, 0.25) is 5.91 Å². The van der Waals surface area contributed by atoms with Gasteiger partial charge in [-0.2, -0.15) is 0 Å². The number of halogens is 2. The van der Waals surface area contributed by atoms with E-state index in [1.54, 1.807) is 24.4 Å². The van der Waals surface area contributed by atoms with E-state index in [1.807, 2.05) is 30.3 Å². The van der Waals surface area contributed by atoms with E-state index in [1.165, 1.54) is 12.1 Å². The second-order valence-electron chi connectivity index (χ2n) is 5.72. The Balaban J connectivity index is 1.53. The van der Waals surface area contributed by atoms with E-state index < -0.39 is 5.82 Å². The van der Waals surface area contributed by atoms with Crippen LogP contribution < -0.4 is 10.6 Å². The third-order valence-corrected chi connectivity index (χ3v) is 4.01. The fraction of sp³-hybridized carbons (Fsp3) is 0.100. The maximum absolute atomic E-state index is 13.2. The maximum Gasteiger partial charge on any atom is 0.225 e. The molecule has 0 fully saturated rings. The number of anilines is 3. The van der Waals surface area contributed by atoms with Crippen LogP contribution in [0.5, 0.6) is 0 Å². The van der Waals surface area contributed by atoms with E-state index in [0.29, 0.717) is 30.0 Å². The molecule has 2 N–H and O–H groups in total. The molecule has 0 bridgehead atoms. The number of nitrogens with one attached hydrogen (secondary N) is 2. The van der Waals surface area contributed by atoms with Crippen molar-refractivity contribution in [2.24, 2.45) is 0 Å². The Labute approximate surface area is 156 Å². The molecular formula is C20H17ClFN3O. The standard InChI is InChI=1S/C20H17ClFN3O/c21-17-12-15(7-9-18(17)22)24-16-8-10-19(23-13-16)25-20(26)11-6-14-4-2-1-3-5-14/h1-5,7-10,12-13,24H,6,11H2,(H,23,25,26). The number of carbonyl (C=O) groups excluding carboxylic acids is 1. The number of aromatic nitrogens is 1. The van der Waals surface area contributed by atoms with Gasteiger partial charge in [-0.3, -0.25) is 4.79 Å². The topological polar surface area (TPSA) is 54.0 Å². The molecule has 0 aliphatic rings. The third kappa shape index (κ3) is 5.04. The summed E-state index contributed by atoms with van der Waals surface area (Å²) in [6, 6.07) is 17.7. The largest absolute Gasteiger partial charge is 0.354 e. The Morgan fingerprint density at radius 3 is 2.50 bits per heavy atom. The summed E-state index contributed by atoms with van der Waals surface area (Å²) in [6.07, 6.45) is 2.65. The molecule has 1 amide bonds. The van der Waals surface area contributed by atoms with Crippen LogP contribution in [0.25, 0.3) is 0 Å². The first-order chi connectivity index (χ1) is 12.6. The molecule has 0 atom stereocenters. The Kier molecular flexibility index (Phi) is 5.81. The molecule has 26 heavy (non-hydrogen) atoms. The molecule has 1 heterocycles. The molecule has 1 aromatic heterocycles. The normalized spacial score (nSPS) is 10.4. The molecule has 0 aliphatic heterocycles. The van der Waals surface area contributed by atoms with Gasteiger partial charge in [-0.15, -0.1) is 0 Å². The second kappa shape index (κ2) is 8.45. The van der Waals surface area contributed by atoms with Gasteiger partial charge in [-0.1, -0.05) is 41.9 Å². The summed E-state index contributed by atoms with van der Waals surface area (Å²) in [5.41, 5.74) is 2.47. The molecule has 0 aliphatic carbocycles. The fourth-order valence-electron chi connectivity index (χ4n) is 2.39. The van der Waals surface area contributed by atoms with E-state index in [9.17, 15) is 9.18 Å². The summed E-state index contributed by atoms with van der Waals surface area (Å²) in [5, 5.41) is 5.89. The van der Waals surface area contributed by atoms with Gasteiger partial charge in [-0.05, 0) is 42.3 Å². The van der Waals surface area contributed by atoms with Crippen molar-refractivity contribution < 1.29 is 9.18 Å². The molecule has 0 spiro atoms. The predicted molar refractivity (Wildman–Crippen MR) is 102 cm³/mol. The SMILES string of the molecule is O=C(CCc1ccccc1)Nc1ccc(Nc2ccc(F)c(Cl)c2)cn1. The van der Waals surface area contributed by atoms with Gasteiger partial charge >= 0.3 is 0 Å². The Morgan fingerprint density at radius 2 is 1.81 bits per heavy atom. The summed E-state index contributed by atoms with van der Waals surface area (Å²) in [4.78, 5) is 16.2. The van der Waals surface area contributed by atoms with Crippen LogP contribution in [0.1, 0.15) is 12.0 Å². The molecule has 132 valence electrons. The van der Waals surface area contributed by atoms with Crippen molar-refractivity contribution >= 4 is 34.7 Å². The lowest BCUT2D eigenvalue weighted by Gasteiger charge is -2.08. The first-order valence-corrected chi connectivity index (χ1v) is 8.50. The van der Waals surface area contributed by atoms with Crippen molar-refractivity contribution in [1.29, 1.82) is 0 Å². The highest BCUT2D eigenvalue weighted by Crippen LogP contribution is 2.22. The number of nitrogens with zero attached hydrogens (tertiary/aromatic N) is 1. The lowest BCUT2D eigenvalue weighted by molar-refractivity contribution is -0.116. The summed E-state index contributed by atoms with van der Waals surface area (Å²) in [7, 11) is 0. The Morgan fingerprint density at radius 1 is 1.04 bits per heavy atom. The van der Waals surface area contributed by atoms with E-state index >= 15 is 0 Å². The van der Waals surface area contributed by atoms with Crippen LogP contribution in [-0.2, 0) is 11.2 Å². The lowest BCUT2D eigenvalue weighted by Crippen LogP contribution is -2.13. The highest BCUT2D eigenvalue weighted by atomic mass is 35.5. The number of aryl methyl sites for hydroxylation is 1. The first kappa shape index (κ1) is 17.9. The van der Waals surface area contributed by atoms with Crippen LogP contribution in [0.15, 0.2) is 66.9 Å². The lowest BCUT2D eigenvalue weighted by atomic mass is 10.1. The molecule has 6 heteroatoms. The van der Waals surface area contributed by atoms with Gasteiger partial charge in [0.1, 0.15) is 11.6 Å². The number of carbonyl (C=O) groups is 1. The number of rotatable bonds is 6. The van der Waals surface area contributed by atoms with Gasteiger partial charge in [0, 0.05) is 12.1 Å². The van der Waals surface area contributed by atoms with Crippen LogP contribution in [-0.4, -0.2) is 10.9 Å². The fourth-order valence-corrected chi connectivity index (χ4v) is 2.57. The molecule has 0 radical (unpaired) electrons. The number of hydrogen-bond acceptors (Lipinski definition) is 3. The predicted octanol–water partition coefficient (Wildman–Crippen LogP) is 5.19. The molecule has 0 saturated carbocycles. The van der Waals surface area contributed by atoms with Crippen molar-refractivity contribution in [3.8, 4) is 0 Å². The molecule has 0 saturated heterocycles. The monoisotopic (exact) mass is 369 g/mol. The molecule has 4 nitrogen and oxygen atoms in total. The van der Waals surface area contributed by atoms with Gasteiger partial charge < -0.3 is 10.6 Å². The van der Waals surface area contributed by atoms with Crippen molar-refractivity contribution in [2.45, 2.75) is 12.8 Å². The van der Waals surface area contributed by atoms with Gasteiger partial charge in [-0.25, -0.2) is 9.37 Å². The molecule has 3 aromatic rings. The minimum absolute atomic E-state index is 0.0465. The van der Waals surface area contributed by atoms with Crippen LogP contribution >= 0.6 is 11.6 Å². The van der Waals surface area contributed by atoms with E-state index in [2.05, 4.69) is 15.6 Å². The Hall–Kier alpha value is -2.92. The van der Waals surface area contributed by atoms with Crippen molar-refractivity contribution in [1.82, 2.24) is 4.98 Å². The molecule has 2 aromatic carbocycles. The molecule has 0 unspecified atom stereocenters. The van der Waals surface area contributed by atoms with Gasteiger partial charge in [0.25, 0.3) is 0 Å². The Bertz CT molecular complexity index is 885. The zero-order chi connectivity index (χ0) is 18.4. The number of pyridine rings is 1. The average Bonchev–Trinajstić information content (AvgIpc) is 2.65. The second-order valence-corrected chi connectivity index (χ2v) is 6.13. The zero-order valence-electron chi connectivity index (χ0n) is 13.9. The third-order valence-electron chi connectivity index (χ3n) is 3.72.